The van der Waals surface area contributed by atoms with E-state index in [0.717, 1.165) is 0 Å². The maximum absolute atomic E-state index is 10.1. The highest BCUT2D eigenvalue weighted by atomic mass is 16.5. The standard InChI is InChI=1S/C6H14N2O4/c7-6(11)8-1-2-12-4-5(10)3-9/h5,9-10H,1-4H2,(H3,7,8,11). The van der Waals surface area contributed by atoms with Gasteiger partial charge in [0, 0.05) is 6.54 Å². The van der Waals surface area contributed by atoms with Crippen LogP contribution in [0.5, 0.6) is 0 Å². The van der Waals surface area contributed by atoms with Crippen LogP contribution in [0.1, 0.15) is 0 Å². The maximum atomic E-state index is 10.1. The Morgan fingerprint density at radius 2 is 2.33 bits per heavy atom. The van der Waals surface area contributed by atoms with Crippen LogP contribution in [0.4, 0.5) is 4.79 Å². The number of hydrogen-bond donors (Lipinski definition) is 4. The van der Waals surface area contributed by atoms with Gasteiger partial charge in [0.25, 0.3) is 0 Å². The molecule has 0 aliphatic heterocycles. The molecule has 0 aromatic carbocycles. The number of carbonyl (C=O) groups excluding carboxylic acids is 1. The van der Waals surface area contributed by atoms with Crippen LogP contribution in [-0.2, 0) is 4.74 Å². The van der Waals surface area contributed by atoms with Crippen LogP contribution in [-0.4, -0.2) is 48.7 Å². The first-order chi connectivity index (χ1) is 5.66. The second-order valence-electron chi connectivity index (χ2n) is 2.20. The van der Waals surface area contributed by atoms with E-state index in [1.54, 1.807) is 0 Å². The summed E-state index contributed by atoms with van der Waals surface area (Å²) in [4.78, 5) is 10.1. The van der Waals surface area contributed by atoms with Gasteiger partial charge < -0.3 is 26.0 Å². The van der Waals surface area contributed by atoms with E-state index in [-0.39, 0.29) is 19.8 Å². The van der Waals surface area contributed by atoms with E-state index >= 15 is 0 Å². The molecule has 0 aromatic heterocycles. The molecule has 0 aromatic rings. The number of nitrogens with one attached hydrogen (secondary N) is 1. The van der Waals surface area contributed by atoms with Crippen LogP contribution in [0.25, 0.3) is 0 Å². The smallest absolute Gasteiger partial charge is 0.312 e. The molecule has 2 amide bonds. The molecule has 0 rings (SSSR count). The normalized spacial score (nSPS) is 12.5. The van der Waals surface area contributed by atoms with Crippen LogP contribution < -0.4 is 11.1 Å². The lowest BCUT2D eigenvalue weighted by Crippen LogP contribution is -2.32. The molecule has 0 bridgehead atoms. The molecule has 0 heterocycles. The van der Waals surface area contributed by atoms with Crippen LogP contribution in [0.2, 0.25) is 0 Å². The van der Waals surface area contributed by atoms with Gasteiger partial charge in [-0.15, -0.1) is 0 Å². The molecule has 1 atom stereocenters. The van der Waals surface area contributed by atoms with Gasteiger partial charge in [-0.3, -0.25) is 0 Å². The van der Waals surface area contributed by atoms with Crippen molar-refractivity contribution >= 4 is 6.03 Å². The number of rotatable bonds is 6. The molecule has 72 valence electrons. The van der Waals surface area contributed by atoms with E-state index < -0.39 is 12.1 Å². The quantitative estimate of drug-likeness (QED) is 0.354. The summed E-state index contributed by atoms with van der Waals surface area (Å²) in [7, 11) is 0. The molecule has 0 spiro atoms. The molecular weight excluding hydrogens is 164 g/mol. The average Bonchev–Trinajstić information content (AvgIpc) is 2.03. The Bertz CT molecular complexity index is 131. The van der Waals surface area contributed by atoms with E-state index in [1.165, 1.54) is 0 Å². The van der Waals surface area contributed by atoms with Gasteiger partial charge in [-0.25, -0.2) is 4.79 Å². The summed E-state index contributed by atoms with van der Waals surface area (Å²) in [5.74, 6) is 0. The fourth-order valence-electron chi connectivity index (χ4n) is 0.518. The number of hydrogen-bond acceptors (Lipinski definition) is 4. The number of primary amides is 1. The monoisotopic (exact) mass is 178 g/mol. The van der Waals surface area contributed by atoms with E-state index in [4.69, 9.17) is 20.7 Å². The topological polar surface area (TPSA) is 105 Å². The first kappa shape index (κ1) is 11.2. The van der Waals surface area contributed by atoms with Gasteiger partial charge in [0.15, 0.2) is 0 Å². The largest absolute Gasteiger partial charge is 0.394 e. The summed E-state index contributed by atoms with van der Waals surface area (Å²) in [6.45, 7) is 0.285. The highest BCUT2D eigenvalue weighted by Crippen LogP contribution is 1.82. The molecular formula is C6H14N2O4. The van der Waals surface area contributed by atoms with Crippen molar-refractivity contribution in [2.45, 2.75) is 6.10 Å². The Morgan fingerprint density at radius 1 is 1.67 bits per heavy atom. The van der Waals surface area contributed by atoms with Crippen LogP contribution in [0.3, 0.4) is 0 Å². The summed E-state index contributed by atoms with van der Waals surface area (Å²) >= 11 is 0. The van der Waals surface area contributed by atoms with Crippen molar-refractivity contribution in [3.8, 4) is 0 Å². The number of aliphatic hydroxyl groups is 2. The van der Waals surface area contributed by atoms with Gasteiger partial charge in [-0.05, 0) is 0 Å². The van der Waals surface area contributed by atoms with Crippen LogP contribution >= 0.6 is 0 Å². The number of amides is 2. The molecule has 12 heavy (non-hydrogen) atoms. The summed E-state index contributed by atoms with van der Waals surface area (Å²) in [5, 5.41) is 19.4. The second-order valence-corrected chi connectivity index (χ2v) is 2.20. The minimum Gasteiger partial charge on any atom is -0.394 e. The SMILES string of the molecule is NC(=O)NCCOCC(O)CO. The van der Waals surface area contributed by atoms with Gasteiger partial charge in [-0.1, -0.05) is 0 Å². The number of urea groups is 1. The lowest BCUT2D eigenvalue weighted by molar-refractivity contribution is 0.00779. The Morgan fingerprint density at radius 3 is 2.83 bits per heavy atom. The number of carbonyl (C=O) groups is 1. The highest BCUT2D eigenvalue weighted by molar-refractivity contribution is 5.71. The Balaban J connectivity index is 3.05. The van der Waals surface area contributed by atoms with E-state index in [0.29, 0.717) is 6.54 Å². The fraction of sp³-hybridized carbons (Fsp3) is 0.833. The van der Waals surface area contributed by atoms with Crippen molar-refractivity contribution < 1.29 is 19.7 Å². The lowest BCUT2D eigenvalue weighted by Gasteiger charge is -2.07. The number of nitrogens with two attached hydrogens (primary N) is 1. The third-order valence-electron chi connectivity index (χ3n) is 1.07. The van der Waals surface area contributed by atoms with Gasteiger partial charge in [-0.2, -0.15) is 0 Å². The fourth-order valence-corrected chi connectivity index (χ4v) is 0.518. The van der Waals surface area contributed by atoms with Crippen molar-refractivity contribution in [2.75, 3.05) is 26.4 Å². The molecule has 0 aliphatic carbocycles. The number of aliphatic hydroxyl groups excluding tert-OH is 2. The highest BCUT2D eigenvalue weighted by Gasteiger charge is 2.00. The summed E-state index contributed by atoms with van der Waals surface area (Å²) in [6, 6.07) is -0.610. The zero-order valence-corrected chi connectivity index (χ0v) is 6.69. The Hall–Kier alpha value is -0.850. The minimum atomic E-state index is -0.862. The third kappa shape index (κ3) is 7.26. The first-order valence-corrected chi connectivity index (χ1v) is 3.56. The van der Waals surface area contributed by atoms with E-state index in [1.807, 2.05) is 0 Å². The van der Waals surface area contributed by atoms with Gasteiger partial charge in [0.2, 0.25) is 0 Å². The van der Waals surface area contributed by atoms with Crippen molar-refractivity contribution in [1.82, 2.24) is 5.32 Å². The molecule has 0 saturated carbocycles. The molecule has 5 N–H and O–H groups in total. The maximum Gasteiger partial charge on any atom is 0.312 e. The molecule has 0 fully saturated rings. The molecule has 0 aliphatic rings. The lowest BCUT2D eigenvalue weighted by atomic mass is 10.4. The summed E-state index contributed by atoms with van der Waals surface area (Å²) in [6.07, 6.45) is -0.862. The molecule has 6 nitrogen and oxygen atoms in total. The molecule has 6 heteroatoms. The predicted octanol–water partition coefficient (Wildman–Crippen LogP) is -1.98. The minimum absolute atomic E-state index is 0.0525. The zero-order valence-electron chi connectivity index (χ0n) is 6.69. The third-order valence-corrected chi connectivity index (χ3v) is 1.07. The average molecular weight is 178 g/mol. The Kier molecular flexibility index (Phi) is 6.35. The van der Waals surface area contributed by atoms with Crippen LogP contribution in [0, 0.1) is 0 Å². The van der Waals surface area contributed by atoms with Gasteiger partial charge in [0.1, 0.15) is 6.10 Å². The second kappa shape index (κ2) is 6.84. The Labute approximate surface area is 70.3 Å². The molecule has 0 saturated heterocycles. The molecule has 0 radical (unpaired) electrons. The number of ether oxygens (including phenoxy) is 1. The van der Waals surface area contributed by atoms with Gasteiger partial charge >= 0.3 is 6.03 Å². The van der Waals surface area contributed by atoms with Crippen molar-refractivity contribution in [1.29, 1.82) is 0 Å². The summed E-state index contributed by atoms with van der Waals surface area (Å²) in [5.41, 5.74) is 4.77. The van der Waals surface area contributed by atoms with E-state index in [9.17, 15) is 4.79 Å². The van der Waals surface area contributed by atoms with E-state index in [2.05, 4.69) is 5.32 Å². The van der Waals surface area contributed by atoms with Crippen molar-refractivity contribution in [3.63, 3.8) is 0 Å². The van der Waals surface area contributed by atoms with Crippen molar-refractivity contribution in [3.05, 3.63) is 0 Å². The molecule has 1 unspecified atom stereocenters. The van der Waals surface area contributed by atoms with Crippen molar-refractivity contribution in [2.24, 2.45) is 5.73 Å². The zero-order chi connectivity index (χ0) is 9.40. The first-order valence-electron chi connectivity index (χ1n) is 3.56. The predicted molar refractivity (Wildman–Crippen MR) is 41.5 cm³/mol. The van der Waals surface area contributed by atoms with Crippen LogP contribution in [0.15, 0.2) is 0 Å². The van der Waals surface area contributed by atoms with Gasteiger partial charge in [0.05, 0.1) is 19.8 Å². The summed E-state index contributed by atoms with van der Waals surface area (Å²) < 4.78 is 4.86.